The molecule has 0 spiro atoms. The minimum absolute atomic E-state index is 0.120. The Morgan fingerprint density at radius 1 is 1.14 bits per heavy atom. The quantitative estimate of drug-likeness (QED) is 0.196. The number of benzene rings is 2. The van der Waals surface area contributed by atoms with Gasteiger partial charge in [0.25, 0.3) is 0 Å². The Labute approximate surface area is 251 Å². The molecule has 3 N–H and O–H groups in total. The summed E-state index contributed by atoms with van der Waals surface area (Å²) in [5.74, 6) is 1.33. The van der Waals surface area contributed by atoms with Crippen LogP contribution >= 0.6 is 0 Å². The highest BCUT2D eigenvalue weighted by Crippen LogP contribution is 2.34. The highest BCUT2D eigenvalue weighted by atomic mass is 19.4. The fraction of sp³-hybridized carbons (Fsp3) is 0.375. The van der Waals surface area contributed by atoms with Crippen molar-refractivity contribution >= 4 is 11.8 Å². The van der Waals surface area contributed by atoms with E-state index in [1.54, 1.807) is 11.6 Å². The molecule has 1 saturated heterocycles. The van der Waals surface area contributed by atoms with E-state index in [2.05, 4.69) is 27.3 Å². The molecule has 3 aromatic rings. The molecule has 0 saturated carbocycles. The number of aromatic nitrogens is 2. The zero-order valence-electron chi connectivity index (χ0n) is 25.2. The fourth-order valence-corrected chi connectivity index (χ4v) is 4.79. The molecule has 0 radical (unpaired) electrons. The van der Waals surface area contributed by atoms with Crippen molar-refractivity contribution in [3.05, 3.63) is 95.4 Å². The second-order valence-electron chi connectivity index (χ2n) is 10.3. The molecule has 1 atom stereocenters. The molecule has 1 unspecified atom stereocenters. The molecule has 1 aliphatic rings. The molecule has 1 aliphatic heterocycles. The lowest BCUT2D eigenvalue weighted by Crippen LogP contribution is -2.25. The number of hydrogen-bond acceptors (Lipinski definition) is 5. The molecule has 4 rings (SSSR count). The summed E-state index contributed by atoms with van der Waals surface area (Å²) in [5, 5.41) is 6.93. The number of allylic oxidation sites excluding steroid dienone is 2. The van der Waals surface area contributed by atoms with Crippen molar-refractivity contribution in [2.24, 2.45) is 11.7 Å². The topological polar surface area (TPSA) is 94.6 Å². The lowest BCUT2D eigenvalue weighted by molar-refractivity contribution is -0.304. The van der Waals surface area contributed by atoms with Crippen LogP contribution in [-0.2, 0) is 4.74 Å². The third-order valence-corrected chi connectivity index (χ3v) is 6.63. The normalized spacial score (nSPS) is 15.7. The van der Waals surface area contributed by atoms with Crippen molar-refractivity contribution in [1.82, 2.24) is 14.7 Å². The SMILES string of the molecule is C/C=C(OC(F)(F)F)\C(=C/C(C)C)N1CCC(c2ccccc2)C1.CCOc1nn(-c2ccccc2)c(NC(N)=O)c1C. The summed E-state index contributed by atoms with van der Waals surface area (Å²) >= 11 is 0. The van der Waals surface area contributed by atoms with Crippen molar-refractivity contribution in [1.29, 1.82) is 0 Å². The number of likely N-dealkylation sites (tertiary alicyclic amines) is 1. The van der Waals surface area contributed by atoms with Gasteiger partial charge in [0.15, 0.2) is 0 Å². The molecule has 2 amide bonds. The first-order valence-corrected chi connectivity index (χ1v) is 14.2. The Balaban J connectivity index is 0.000000242. The third-order valence-electron chi connectivity index (χ3n) is 6.63. The van der Waals surface area contributed by atoms with Crippen LogP contribution in [0.4, 0.5) is 23.8 Å². The fourth-order valence-electron chi connectivity index (χ4n) is 4.79. The summed E-state index contributed by atoms with van der Waals surface area (Å²) in [5.41, 5.74) is 8.51. The van der Waals surface area contributed by atoms with E-state index in [-0.39, 0.29) is 11.7 Å². The Kier molecular flexibility index (Phi) is 11.7. The Morgan fingerprint density at radius 3 is 2.30 bits per heavy atom. The van der Waals surface area contributed by atoms with E-state index in [1.807, 2.05) is 87.2 Å². The number of carbonyl (C=O) groups excluding carboxylic acids is 1. The van der Waals surface area contributed by atoms with Gasteiger partial charge in [-0.15, -0.1) is 18.3 Å². The average Bonchev–Trinajstić information content (AvgIpc) is 3.57. The molecule has 8 nitrogen and oxygen atoms in total. The smallest absolute Gasteiger partial charge is 0.477 e. The van der Waals surface area contributed by atoms with Crippen LogP contribution < -0.4 is 15.8 Å². The van der Waals surface area contributed by atoms with Crippen LogP contribution in [0.2, 0.25) is 0 Å². The minimum Gasteiger partial charge on any atom is -0.477 e. The number of rotatable bonds is 9. The van der Waals surface area contributed by atoms with Gasteiger partial charge in [0.05, 0.1) is 23.6 Å². The van der Waals surface area contributed by atoms with E-state index in [0.717, 1.165) is 24.2 Å². The molecule has 2 aromatic carbocycles. The number of nitrogens with one attached hydrogen (secondary N) is 1. The molecule has 232 valence electrons. The van der Waals surface area contributed by atoms with Crippen LogP contribution in [0.5, 0.6) is 5.88 Å². The molecule has 1 aromatic heterocycles. The maximum atomic E-state index is 12.7. The summed E-state index contributed by atoms with van der Waals surface area (Å²) in [4.78, 5) is 13.1. The number of halogens is 3. The molecule has 0 aliphatic carbocycles. The molecule has 1 fully saturated rings. The van der Waals surface area contributed by atoms with E-state index < -0.39 is 12.4 Å². The van der Waals surface area contributed by atoms with Crippen molar-refractivity contribution in [3.8, 4) is 11.6 Å². The maximum absolute atomic E-state index is 12.7. The number of anilines is 1. The number of alkyl halides is 3. The number of primary amides is 1. The first-order valence-electron chi connectivity index (χ1n) is 14.2. The molecular weight excluding hydrogens is 559 g/mol. The molecule has 11 heteroatoms. The highest BCUT2D eigenvalue weighted by molar-refractivity contribution is 5.88. The standard InChI is InChI=1S/C19H24F3NO.C13H16N4O2/c1-4-18(24-19(20,21)22)17(12-14(2)3)23-11-10-16(13-23)15-8-6-5-7-9-15;1-3-19-12-9(2)11(15-13(14)18)17(16-12)10-7-5-4-6-8-10/h4-9,12,14,16H,10-11,13H2,1-3H3;4-8H,3H2,1-2H3,(H3,14,15,18)/b17-12+,18-4+;. The molecule has 43 heavy (non-hydrogen) atoms. The van der Waals surface area contributed by atoms with Gasteiger partial charge in [-0.1, -0.05) is 68.5 Å². The van der Waals surface area contributed by atoms with Gasteiger partial charge >= 0.3 is 12.4 Å². The number of nitrogens with zero attached hydrogens (tertiary/aromatic N) is 3. The molecular formula is C32H40F3N5O3. The van der Waals surface area contributed by atoms with Crippen LogP contribution in [0.3, 0.4) is 0 Å². The van der Waals surface area contributed by atoms with Crippen LogP contribution in [0, 0.1) is 12.8 Å². The highest BCUT2D eigenvalue weighted by Gasteiger charge is 2.35. The van der Waals surface area contributed by atoms with Crippen molar-refractivity contribution in [2.75, 3.05) is 25.0 Å². The van der Waals surface area contributed by atoms with Crippen LogP contribution in [-0.4, -0.2) is 46.8 Å². The predicted octanol–water partition coefficient (Wildman–Crippen LogP) is 7.53. The number of para-hydroxylation sites is 1. The zero-order chi connectivity index (χ0) is 31.6. The number of amides is 2. The van der Waals surface area contributed by atoms with E-state index in [0.29, 0.717) is 36.5 Å². The monoisotopic (exact) mass is 599 g/mol. The summed E-state index contributed by atoms with van der Waals surface area (Å²) < 4.78 is 49.4. The second-order valence-corrected chi connectivity index (χ2v) is 10.3. The Bertz CT molecular complexity index is 1390. The van der Waals surface area contributed by atoms with Crippen molar-refractivity contribution in [3.63, 3.8) is 0 Å². The Hall–Kier alpha value is -4.41. The van der Waals surface area contributed by atoms with Gasteiger partial charge < -0.3 is 20.1 Å². The number of urea groups is 1. The van der Waals surface area contributed by atoms with Crippen LogP contribution in [0.15, 0.2) is 84.3 Å². The van der Waals surface area contributed by atoms with Gasteiger partial charge in [-0.2, -0.15) is 0 Å². The molecule has 0 bridgehead atoms. The first-order chi connectivity index (χ1) is 20.4. The average molecular weight is 600 g/mol. The van der Waals surface area contributed by atoms with E-state index >= 15 is 0 Å². The first kappa shape index (κ1) is 33.1. The summed E-state index contributed by atoms with van der Waals surface area (Å²) in [6, 6.07) is 18.9. The van der Waals surface area contributed by atoms with E-state index in [9.17, 15) is 18.0 Å². The summed E-state index contributed by atoms with van der Waals surface area (Å²) in [6.45, 7) is 11.1. The lowest BCUT2D eigenvalue weighted by atomic mass is 9.99. The van der Waals surface area contributed by atoms with Gasteiger partial charge in [-0.3, -0.25) is 5.32 Å². The molecule has 2 heterocycles. The van der Waals surface area contributed by atoms with E-state index in [4.69, 9.17) is 10.5 Å². The summed E-state index contributed by atoms with van der Waals surface area (Å²) in [7, 11) is 0. The zero-order valence-corrected chi connectivity index (χ0v) is 25.2. The Morgan fingerprint density at radius 2 is 1.77 bits per heavy atom. The van der Waals surface area contributed by atoms with Crippen LogP contribution in [0.1, 0.15) is 51.2 Å². The number of carbonyl (C=O) groups is 1. The van der Waals surface area contributed by atoms with Crippen molar-refractivity contribution in [2.45, 2.75) is 53.3 Å². The van der Waals surface area contributed by atoms with Crippen LogP contribution in [0.25, 0.3) is 5.69 Å². The number of ether oxygens (including phenoxy) is 2. The summed E-state index contributed by atoms with van der Waals surface area (Å²) in [6.07, 6.45) is -0.537. The largest absolute Gasteiger partial charge is 0.573 e. The predicted molar refractivity (Wildman–Crippen MR) is 162 cm³/mol. The van der Waals surface area contributed by atoms with E-state index in [1.165, 1.54) is 11.6 Å². The van der Waals surface area contributed by atoms with Gasteiger partial charge in [0, 0.05) is 19.0 Å². The van der Waals surface area contributed by atoms with Gasteiger partial charge in [-0.25, -0.2) is 9.48 Å². The third kappa shape index (κ3) is 9.56. The lowest BCUT2D eigenvalue weighted by Gasteiger charge is -2.26. The number of hydrogen-bond donors (Lipinski definition) is 2. The van der Waals surface area contributed by atoms with Crippen molar-refractivity contribution < 1.29 is 27.4 Å². The second kappa shape index (κ2) is 15.2. The van der Waals surface area contributed by atoms with Gasteiger partial charge in [0.1, 0.15) is 11.6 Å². The maximum Gasteiger partial charge on any atom is 0.573 e. The number of nitrogens with two attached hydrogens (primary N) is 1. The minimum atomic E-state index is -4.68. The van der Waals surface area contributed by atoms with Gasteiger partial charge in [0.2, 0.25) is 5.88 Å². The van der Waals surface area contributed by atoms with Gasteiger partial charge in [-0.05, 0) is 56.9 Å².